The first-order valence-electron chi connectivity index (χ1n) is 5.96. The van der Waals surface area contributed by atoms with Crippen molar-refractivity contribution in [3.8, 4) is 16.9 Å². The van der Waals surface area contributed by atoms with Crippen LogP contribution in [-0.4, -0.2) is 18.4 Å². The number of aromatic nitrogens is 1. The zero-order chi connectivity index (χ0) is 13.8. The van der Waals surface area contributed by atoms with E-state index < -0.39 is 0 Å². The first-order valence-corrected chi connectivity index (χ1v) is 5.96. The van der Waals surface area contributed by atoms with Gasteiger partial charge in [0.25, 0.3) is 5.56 Å². The molecule has 98 valence electrons. The predicted molar refractivity (Wildman–Crippen MR) is 73.6 cm³/mol. The monoisotopic (exact) mass is 257 g/mol. The van der Waals surface area contributed by atoms with Crippen molar-refractivity contribution in [2.24, 2.45) is 0 Å². The molecule has 0 saturated heterocycles. The molecule has 1 heterocycles. The lowest BCUT2D eigenvalue weighted by Gasteiger charge is -2.12. The maximum Gasteiger partial charge on any atom is 0.255 e. The van der Waals surface area contributed by atoms with E-state index in [1.165, 1.54) is 0 Å². The molecule has 2 aromatic rings. The van der Waals surface area contributed by atoms with Gasteiger partial charge in [-0.25, -0.2) is 0 Å². The summed E-state index contributed by atoms with van der Waals surface area (Å²) in [6.07, 6.45) is 2.69. The van der Waals surface area contributed by atoms with E-state index in [1.54, 1.807) is 25.4 Å². The molecule has 1 N–H and O–H groups in total. The summed E-state index contributed by atoms with van der Waals surface area (Å²) in [6, 6.07) is 7.24. The number of nitrogens with one attached hydrogen (secondary N) is 1. The SMILES string of the molecule is COc1c(C)cc(-c2ccc[nH]c2=O)cc1CC=O. The van der Waals surface area contributed by atoms with E-state index in [-0.39, 0.29) is 12.0 Å². The van der Waals surface area contributed by atoms with Crippen molar-refractivity contribution in [1.82, 2.24) is 4.98 Å². The molecule has 0 radical (unpaired) electrons. The number of carbonyl (C=O) groups is 1. The molecule has 0 amide bonds. The van der Waals surface area contributed by atoms with E-state index >= 15 is 0 Å². The highest BCUT2D eigenvalue weighted by atomic mass is 16.5. The molecule has 0 bridgehead atoms. The van der Waals surface area contributed by atoms with Gasteiger partial charge in [0.05, 0.1) is 7.11 Å². The lowest BCUT2D eigenvalue weighted by atomic mass is 9.99. The van der Waals surface area contributed by atoms with Crippen LogP contribution in [0.4, 0.5) is 0 Å². The third-order valence-corrected chi connectivity index (χ3v) is 2.99. The van der Waals surface area contributed by atoms with Gasteiger partial charge in [0.15, 0.2) is 0 Å². The molecular weight excluding hydrogens is 242 g/mol. The number of aryl methyl sites for hydroxylation is 1. The van der Waals surface area contributed by atoms with E-state index in [0.29, 0.717) is 11.3 Å². The lowest BCUT2D eigenvalue weighted by molar-refractivity contribution is -0.107. The summed E-state index contributed by atoms with van der Waals surface area (Å²) in [7, 11) is 1.58. The number of hydrogen-bond acceptors (Lipinski definition) is 3. The number of aromatic amines is 1. The Morgan fingerprint density at radius 3 is 2.79 bits per heavy atom. The maximum atomic E-state index is 11.8. The van der Waals surface area contributed by atoms with E-state index in [4.69, 9.17) is 4.74 Å². The van der Waals surface area contributed by atoms with Crippen LogP contribution in [0, 0.1) is 6.92 Å². The van der Waals surface area contributed by atoms with Gasteiger partial charge in [-0.3, -0.25) is 4.79 Å². The number of benzene rings is 1. The van der Waals surface area contributed by atoms with Gasteiger partial charge in [-0.1, -0.05) is 0 Å². The number of methoxy groups -OCH3 is 1. The highest BCUT2D eigenvalue weighted by molar-refractivity contribution is 5.69. The third kappa shape index (κ3) is 2.57. The Morgan fingerprint density at radius 1 is 1.37 bits per heavy atom. The first-order chi connectivity index (χ1) is 9.17. The zero-order valence-electron chi connectivity index (χ0n) is 10.9. The van der Waals surface area contributed by atoms with Crippen molar-refractivity contribution in [3.05, 3.63) is 51.9 Å². The lowest BCUT2D eigenvalue weighted by Crippen LogP contribution is -2.07. The second-order valence-electron chi connectivity index (χ2n) is 4.27. The van der Waals surface area contributed by atoms with Crippen LogP contribution in [0.1, 0.15) is 11.1 Å². The Morgan fingerprint density at radius 2 is 2.16 bits per heavy atom. The quantitative estimate of drug-likeness (QED) is 0.853. The fourth-order valence-corrected chi connectivity index (χ4v) is 2.18. The number of hydrogen-bond donors (Lipinski definition) is 1. The molecule has 0 aliphatic heterocycles. The topological polar surface area (TPSA) is 59.2 Å². The molecule has 0 spiro atoms. The fourth-order valence-electron chi connectivity index (χ4n) is 2.18. The first kappa shape index (κ1) is 13.1. The van der Waals surface area contributed by atoms with Gasteiger partial charge in [0, 0.05) is 23.7 Å². The van der Waals surface area contributed by atoms with Gasteiger partial charge in [0.1, 0.15) is 12.0 Å². The minimum Gasteiger partial charge on any atom is -0.496 e. The molecule has 0 saturated carbocycles. The molecule has 1 aromatic carbocycles. The Kier molecular flexibility index (Phi) is 3.80. The average Bonchev–Trinajstić information content (AvgIpc) is 2.39. The molecule has 0 fully saturated rings. The van der Waals surface area contributed by atoms with Crippen LogP contribution in [0.5, 0.6) is 5.75 Å². The molecule has 2 rings (SSSR count). The van der Waals surface area contributed by atoms with E-state index in [1.807, 2.05) is 19.1 Å². The Labute approximate surface area is 111 Å². The van der Waals surface area contributed by atoms with Crippen molar-refractivity contribution in [3.63, 3.8) is 0 Å². The summed E-state index contributed by atoms with van der Waals surface area (Å²) >= 11 is 0. The van der Waals surface area contributed by atoms with Crippen molar-refractivity contribution in [2.45, 2.75) is 13.3 Å². The van der Waals surface area contributed by atoms with Crippen LogP contribution >= 0.6 is 0 Å². The van der Waals surface area contributed by atoms with Crippen LogP contribution in [0.25, 0.3) is 11.1 Å². The predicted octanol–water partition coefficient (Wildman–Crippen LogP) is 2.10. The van der Waals surface area contributed by atoms with Crippen molar-refractivity contribution < 1.29 is 9.53 Å². The molecular formula is C15H15NO3. The van der Waals surface area contributed by atoms with Gasteiger partial charge in [-0.05, 0) is 42.3 Å². The van der Waals surface area contributed by atoms with Gasteiger partial charge in [-0.15, -0.1) is 0 Å². The number of ether oxygens (including phenoxy) is 1. The number of H-pyrrole nitrogens is 1. The summed E-state index contributed by atoms with van der Waals surface area (Å²) in [6.45, 7) is 1.90. The number of aldehydes is 1. The zero-order valence-corrected chi connectivity index (χ0v) is 10.9. The summed E-state index contributed by atoms with van der Waals surface area (Å²) in [5.41, 5.74) is 2.91. The van der Waals surface area contributed by atoms with E-state index in [9.17, 15) is 9.59 Å². The molecule has 1 aromatic heterocycles. The minimum atomic E-state index is -0.149. The van der Waals surface area contributed by atoms with E-state index in [0.717, 1.165) is 23.0 Å². The van der Waals surface area contributed by atoms with Crippen LogP contribution in [0.2, 0.25) is 0 Å². The summed E-state index contributed by atoms with van der Waals surface area (Å²) < 4.78 is 5.30. The Hall–Kier alpha value is -2.36. The highest BCUT2D eigenvalue weighted by Gasteiger charge is 2.11. The Bertz CT molecular complexity index is 659. The highest BCUT2D eigenvalue weighted by Crippen LogP contribution is 2.29. The van der Waals surface area contributed by atoms with Crippen LogP contribution < -0.4 is 10.3 Å². The molecule has 0 aliphatic carbocycles. The molecule has 0 atom stereocenters. The number of carbonyl (C=O) groups excluding carboxylic acids is 1. The van der Waals surface area contributed by atoms with Gasteiger partial charge < -0.3 is 14.5 Å². The summed E-state index contributed by atoms with van der Waals surface area (Å²) in [4.78, 5) is 25.2. The maximum absolute atomic E-state index is 11.8. The van der Waals surface area contributed by atoms with Crippen LogP contribution in [-0.2, 0) is 11.2 Å². The van der Waals surface area contributed by atoms with Crippen molar-refractivity contribution in [1.29, 1.82) is 0 Å². The normalized spacial score (nSPS) is 10.2. The average molecular weight is 257 g/mol. The number of pyridine rings is 1. The van der Waals surface area contributed by atoms with Gasteiger partial charge in [-0.2, -0.15) is 0 Å². The standard InChI is InChI=1S/C15H15NO3/c1-10-8-12(13-4-3-6-16-15(13)18)9-11(5-7-17)14(10)19-2/h3-4,6-9H,5H2,1-2H3,(H,16,18). The minimum absolute atomic E-state index is 0.149. The largest absolute Gasteiger partial charge is 0.496 e. The van der Waals surface area contributed by atoms with E-state index in [2.05, 4.69) is 4.98 Å². The molecule has 4 nitrogen and oxygen atoms in total. The van der Waals surface area contributed by atoms with Crippen molar-refractivity contribution >= 4 is 6.29 Å². The van der Waals surface area contributed by atoms with Crippen LogP contribution in [0.15, 0.2) is 35.3 Å². The van der Waals surface area contributed by atoms with Crippen molar-refractivity contribution in [2.75, 3.05) is 7.11 Å². The van der Waals surface area contributed by atoms with Gasteiger partial charge >= 0.3 is 0 Å². The molecule has 0 unspecified atom stereocenters. The second-order valence-corrected chi connectivity index (χ2v) is 4.27. The smallest absolute Gasteiger partial charge is 0.255 e. The van der Waals surface area contributed by atoms with Crippen LogP contribution in [0.3, 0.4) is 0 Å². The summed E-state index contributed by atoms with van der Waals surface area (Å²) in [5, 5.41) is 0. The second kappa shape index (κ2) is 5.52. The number of rotatable bonds is 4. The fraction of sp³-hybridized carbons (Fsp3) is 0.200. The van der Waals surface area contributed by atoms with Gasteiger partial charge in [0.2, 0.25) is 0 Å². The Balaban J connectivity index is 2.63. The summed E-state index contributed by atoms with van der Waals surface area (Å²) in [5.74, 6) is 0.697. The molecule has 19 heavy (non-hydrogen) atoms. The third-order valence-electron chi connectivity index (χ3n) is 2.99. The molecule has 0 aliphatic rings. The molecule has 4 heteroatoms.